The fraction of sp³-hybridized carbons (Fsp3) is 0.292. The van der Waals surface area contributed by atoms with Crippen LogP contribution in [0.15, 0.2) is 60.7 Å². The molecule has 5 nitrogen and oxygen atoms in total. The van der Waals surface area contributed by atoms with Gasteiger partial charge in [0.15, 0.2) is 0 Å². The summed E-state index contributed by atoms with van der Waals surface area (Å²) < 4.78 is 0. The summed E-state index contributed by atoms with van der Waals surface area (Å²) in [4.78, 5) is 24.0. The minimum atomic E-state index is 0.107. The number of nitrogens with one attached hydrogen (secondary N) is 1. The van der Waals surface area contributed by atoms with Crippen LogP contribution in [-0.2, 0) is 6.42 Å². The number of carbonyl (C=O) groups is 1. The first-order valence-corrected chi connectivity index (χ1v) is 10.6. The molecule has 0 saturated carbocycles. The van der Waals surface area contributed by atoms with Gasteiger partial charge in [-0.25, -0.2) is 9.97 Å². The second kappa shape index (κ2) is 9.26. The van der Waals surface area contributed by atoms with E-state index in [-0.39, 0.29) is 5.91 Å². The van der Waals surface area contributed by atoms with Crippen LogP contribution in [0, 0.1) is 0 Å². The molecule has 6 heteroatoms. The number of anilines is 1. The SMILES string of the molecule is CNc1nc(Cc2ccc(Cl)cc2)cc(C2CCN(C(=O)c3ccccc3)CC2)n1. The Balaban J connectivity index is 1.46. The van der Waals surface area contributed by atoms with E-state index in [9.17, 15) is 4.79 Å². The van der Waals surface area contributed by atoms with Crippen molar-refractivity contribution in [1.29, 1.82) is 0 Å². The predicted molar refractivity (Wildman–Crippen MR) is 120 cm³/mol. The average molecular weight is 421 g/mol. The number of hydrogen-bond donors (Lipinski definition) is 1. The van der Waals surface area contributed by atoms with Crippen LogP contribution in [0.1, 0.15) is 46.1 Å². The van der Waals surface area contributed by atoms with Gasteiger partial charge in [-0.3, -0.25) is 4.79 Å². The number of nitrogens with zero attached hydrogens (tertiary/aromatic N) is 3. The summed E-state index contributed by atoms with van der Waals surface area (Å²) in [5.74, 6) is 1.07. The number of amides is 1. The van der Waals surface area contributed by atoms with Crippen LogP contribution in [0.3, 0.4) is 0 Å². The minimum absolute atomic E-state index is 0.107. The highest BCUT2D eigenvalue weighted by Gasteiger charge is 2.26. The number of piperidine rings is 1. The average Bonchev–Trinajstić information content (AvgIpc) is 2.80. The van der Waals surface area contributed by atoms with Crippen molar-refractivity contribution in [2.75, 3.05) is 25.5 Å². The number of benzene rings is 2. The van der Waals surface area contributed by atoms with Crippen LogP contribution in [0.25, 0.3) is 0 Å². The zero-order valence-electron chi connectivity index (χ0n) is 17.0. The second-order valence-corrected chi connectivity index (χ2v) is 8.03. The van der Waals surface area contributed by atoms with Crippen molar-refractivity contribution in [2.45, 2.75) is 25.2 Å². The fourth-order valence-electron chi connectivity index (χ4n) is 3.88. The highest BCUT2D eigenvalue weighted by molar-refractivity contribution is 6.30. The summed E-state index contributed by atoms with van der Waals surface area (Å²) >= 11 is 6.00. The maximum absolute atomic E-state index is 12.7. The predicted octanol–water partition coefficient (Wildman–Crippen LogP) is 4.78. The van der Waals surface area contributed by atoms with Gasteiger partial charge in [0.1, 0.15) is 0 Å². The molecule has 0 atom stereocenters. The van der Waals surface area contributed by atoms with E-state index in [0.29, 0.717) is 11.9 Å². The Morgan fingerprint density at radius 3 is 2.43 bits per heavy atom. The Kier molecular flexibility index (Phi) is 6.29. The number of aromatic nitrogens is 2. The van der Waals surface area contributed by atoms with Gasteiger partial charge in [-0.15, -0.1) is 0 Å². The third-order valence-electron chi connectivity index (χ3n) is 5.54. The van der Waals surface area contributed by atoms with Gasteiger partial charge in [-0.05, 0) is 48.7 Å². The van der Waals surface area contributed by atoms with Gasteiger partial charge in [0, 0.05) is 48.8 Å². The van der Waals surface area contributed by atoms with Crippen molar-refractivity contribution in [3.05, 3.63) is 88.2 Å². The molecule has 0 unspecified atom stereocenters. The number of hydrogen-bond acceptors (Lipinski definition) is 4. The number of halogens is 1. The lowest BCUT2D eigenvalue weighted by atomic mass is 9.92. The summed E-state index contributed by atoms with van der Waals surface area (Å²) in [6.07, 6.45) is 2.53. The third kappa shape index (κ3) is 4.79. The molecule has 1 amide bonds. The summed E-state index contributed by atoms with van der Waals surface area (Å²) in [6, 6.07) is 19.4. The van der Waals surface area contributed by atoms with Crippen LogP contribution < -0.4 is 5.32 Å². The van der Waals surface area contributed by atoms with Gasteiger partial charge in [-0.1, -0.05) is 41.9 Å². The molecule has 4 rings (SSSR count). The maximum atomic E-state index is 12.7. The Bertz CT molecular complexity index is 999. The summed E-state index contributed by atoms with van der Waals surface area (Å²) in [5, 5.41) is 3.81. The van der Waals surface area contributed by atoms with Crippen molar-refractivity contribution in [3.8, 4) is 0 Å². The van der Waals surface area contributed by atoms with E-state index in [1.54, 1.807) is 0 Å². The molecule has 1 saturated heterocycles. The summed E-state index contributed by atoms with van der Waals surface area (Å²) in [5.41, 5.74) is 3.94. The molecule has 0 spiro atoms. The third-order valence-corrected chi connectivity index (χ3v) is 5.79. The molecule has 1 fully saturated rings. The van der Waals surface area contributed by atoms with Gasteiger partial charge in [0.25, 0.3) is 5.91 Å². The standard InChI is InChI=1S/C24H25ClN4O/c1-26-24-27-21(15-17-7-9-20(25)10-8-17)16-22(28-24)18-11-13-29(14-12-18)23(30)19-5-3-2-4-6-19/h2-10,16,18H,11-15H2,1H3,(H,26,27,28). The van der Waals surface area contributed by atoms with Crippen molar-refractivity contribution in [1.82, 2.24) is 14.9 Å². The van der Waals surface area contributed by atoms with Gasteiger partial charge < -0.3 is 10.2 Å². The van der Waals surface area contributed by atoms with E-state index in [1.807, 2.05) is 66.5 Å². The lowest BCUT2D eigenvalue weighted by Gasteiger charge is -2.32. The maximum Gasteiger partial charge on any atom is 0.253 e. The van der Waals surface area contributed by atoms with Crippen LogP contribution in [-0.4, -0.2) is 40.9 Å². The van der Waals surface area contributed by atoms with Gasteiger partial charge in [0.2, 0.25) is 5.95 Å². The molecule has 154 valence electrons. The highest BCUT2D eigenvalue weighted by Crippen LogP contribution is 2.29. The lowest BCUT2D eigenvalue weighted by Crippen LogP contribution is -2.38. The van der Waals surface area contributed by atoms with Gasteiger partial charge >= 0.3 is 0 Å². The largest absolute Gasteiger partial charge is 0.357 e. The molecular formula is C24H25ClN4O. The van der Waals surface area contributed by atoms with E-state index in [0.717, 1.165) is 59.9 Å². The number of likely N-dealkylation sites (tertiary alicyclic amines) is 1. The highest BCUT2D eigenvalue weighted by atomic mass is 35.5. The quantitative estimate of drug-likeness (QED) is 0.645. The second-order valence-electron chi connectivity index (χ2n) is 7.59. The normalized spacial score (nSPS) is 14.5. The first kappa shape index (κ1) is 20.4. The molecule has 0 radical (unpaired) electrons. The fourth-order valence-corrected chi connectivity index (χ4v) is 4.01. The van der Waals surface area contributed by atoms with E-state index >= 15 is 0 Å². The number of carbonyl (C=O) groups excluding carboxylic acids is 1. The number of rotatable bonds is 5. The van der Waals surface area contributed by atoms with Crippen molar-refractivity contribution in [3.63, 3.8) is 0 Å². The molecule has 0 aliphatic carbocycles. The van der Waals surface area contributed by atoms with E-state index in [4.69, 9.17) is 16.6 Å². The monoisotopic (exact) mass is 420 g/mol. The molecular weight excluding hydrogens is 396 g/mol. The van der Waals surface area contributed by atoms with Crippen LogP contribution in [0.4, 0.5) is 5.95 Å². The Hall–Kier alpha value is -2.92. The van der Waals surface area contributed by atoms with E-state index < -0.39 is 0 Å². The van der Waals surface area contributed by atoms with E-state index in [1.165, 1.54) is 0 Å². The van der Waals surface area contributed by atoms with Crippen molar-refractivity contribution < 1.29 is 4.79 Å². The first-order chi connectivity index (χ1) is 14.6. The molecule has 2 heterocycles. The van der Waals surface area contributed by atoms with Crippen LogP contribution in [0.2, 0.25) is 5.02 Å². The Labute approximate surface area is 182 Å². The Morgan fingerprint density at radius 1 is 1.07 bits per heavy atom. The van der Waals surface area contributed by atoms with Crippen LogP contribution in [0.5, 0.6) is 0 Å². The molecule has 1 aliphatic heterocycles. The summed E-state index contributed by atoms with van der Waals surface area (Å²) in [6.45, 7) is 1.48. The molecule has 1 aliphatic rings. The smallest absolute Gasteiger partial charge is 0.253 e. The summed E-state index contributed by atoms with van der Waals surface area (Å²) in [7, 11) is 1.84. The Morgan fingerprint density at radius 2 is 1.77 bits per heavy atom. The molecule has 1 N–H and O–H groups in total. The first-order valence-electron chi connectivity index (χ1n) is 10.3. The van der Waals surface area contributed by atoms with Gasteiger partial charge in [-0.2, -0.15) is 0 Å². The molecule has 3 aromatic rings. The van der Waals surface area contributed by atoms with Crippen LogP contribution >= 0.6 is 11.6 Å². The lowest BCUT2D eigenvalue weighted by molar-refractivity contribution is 0.0712. The van der Waals surface area contributed by atoms with Crippen molar-refractivity contribution in [2.24, 2.45) is 0 Å². The molecule has 0 bridgehead atoms. The topological polar surface area (TPSA) is 58.1 Å². The zero-order valence-corrected chi connectivity index (χ0v) is 17.8. The van der Waals surface area contributed by atoms with Gasteiger partial charge in [0.05, 0.1) is 5.69 Å². The molecule has 2 aromatic carbocycles. The molecule has 1 aromatic heterocycles. The van der Waals surface area contributed by atoms with Crippen molar-refractivity contribution >= 4 is 23.5 Å². The minimum Gasteiger partial charge on any atom is -0.357 e. The zero-order chi connectivity index (χ0) is 20.9. The van der Waals surface area contributed by atoms with E-state index in [2.05, 4.69) is 16.4 Å². The molecule has 30 heavy (non-hydrogen) atoms.